The Labute approximate surface area is 139 Å². The predicted octanol–water partition coefficient (Wildman–Crippen LogP) is 3.02. The normalized spacial score (nSPS) is 20.5. The number of carbonyl (C=O) groups excluding carboxylic acids is 1. The standard InChI is InChI=1S/C18H20N2O4/c1-11-15(24-17(19-11)12-5-3-2-4-6-12)16(21)20-14-9-7-13(8-10-14)18(22)23/h2-6,13-14H,7-10H2,1H3,(H,20,21)(H,22,23). The number of nitrogens with zero attached hydrogens (tertiary/aromatic N) is 1. The highest BCUT2D eigenvalue weighted by atomic mass is 16.4. The molecule has 6 heteroatoms. The van der Waals surface area contributed by atoms with Gasteiger partial charge in [-0.05, 0) is 44.7 Å². The summed E-state index contributed by atoms with van der Waals surface area (Å²) in [6.07, 6.45) is 2.51. The second-order valence-electron chi connectivity index (χ2n) is 6.16. The van der Waals surface area contributed by atoms with Crippen LogP contribution in [0.1, 0.15) is 41.9 Å². The number of aryl methyl sites for hydroxylation is 1. The molecule has 2 N–H and O–H groups in total. The van der Waals surface area contributed by atoms with Crippen LogP contribution in [0.2, 0.25) is 0 Å². The first-order valence-electron chi connectivity index (χ1n) is 8.11. The van der Waals surface area contributed by atoms with Crippen molar-refractivity contribution in [3.63, 3.8) is 0 Å². The van der Waals surface area contributed by atoms with Gasteiger partial charge in [0, 0.05) is 11.6 Å². The third-order valence-corrected chi connectivity index (χ3v) is 4.44. The highest BCUT2D eigenvalue weighted by molar-refractivity contribution is 5.93. The van der Waals surface area contributed by atoms with Crippen molar-refractivity contribution >= 4 is 11.9 Å². The number of hydrogen-bond acceptors (Lipinski definition) is 4. The number of hydrogen-bond donors (Lipinski definition) is 2. The maximum atomic E-state index is 12.4. The molecule has 126 valence electrons. The average Bonchev–Trinajstić information content (AvgIpc) is 2.98. The van der Waals surface area contributed by atoms with Gasteiger partial charge in [-0.3, -0.25) is 9.59 Å². The van der Waals surface area contributed by atoms with Gasteiger partial charge in [0.25, 0.3) is 5.91 Å². The number of carboxylic acid groups (broad SMARTS) is 1. The summed E-state index contributed by atoms with van der Waals surface area (Å²) >= 11 is 0. The van der Waals surface area contributed by atoms with Crippen molar-refractivity contribution in [1.82, 2.24) is 10.3 Å². The SMILES string of the molecule is Cc1nc(-c2ccccc2)oc1C(=O)NC1CCC(C(=O)O)CC1. The quantitative estimate of drug-likeness (QED) is 0.900. The van der Waals surface area contributed by atoms with E-state index >= 15 is 0 Å². The Morgan fingerprint density at radius 3 is 2.46 bits per heavy atom. The van der Waals surface area contributed by atoms with Crippen LogP contribution in [-0.4, -0.2) is 28.0 Å². The predicted molar refractivity (Wildman–Crippen MR) is 87.5 cm³/mol. The molecule has 1 aliphatic rings. The van der Waals surface area contributed by atoms with Gasteiger partial charge in [0.05, 0.1) is 11.6 Å². The van der Waals surface area contributed by atoms with E-state index in [2.05, 4.69) is 10.3 Å². The first kappa shape index (κ1) is 16.2. The summed E-state index contributed by atoms with van der Waals surface area (Å²) in [5.74, 6) is -0.698. The van der Waals surface area contributed by atoms with Crippen LogP contribution in [0.5, 0.6) is 0 Å². The maximum absolute atomic E-state index is 12.4. The molecule has 1 amide bonds. The fraction of sp³-hybridized carbons (Fsp3) is 0.389. The number of benzene rings is 1. The molecule has 1 saturated carbocycles. The van der Waals surface area contributed by atoms with Crippen LogP contribution >= 0.6 is 0 Å². The fourth-order valence-electron chi connectivity index (χ4n) is 3.05. The minimum atomic E-state index is -0.752. The molecule has 1 aliphatic carbocycles. The number of oxazole rings is 1. The average molecular weight is 328 g/mol. The van der Waals surface area contributed by atoms with Crippen molar-refractivity contribution in [2.75, 3.05) is 0 Å². The summed E-state index contributed by atoms with van der Waals surface area (Å²) in [6.45, 7) is 1.74. The van der Waals surface area contributed by atoms with Crippen LogP contribution in [0.15, 0.2) is 34.7 Å². The van der Waals surface area contributed by atoms with Crippen LogP contribution in [0, 0.1) is 12.8 Å². The Morgan fingerprint density at radius 1 is 1.17 bits per heavy atom. The molecule has 1 fully saturated rings. The summed E-state index contributed by atoms with van der Waals surface area (Å²) in [4.78, 5) is 27.7. The molecule has 6 nitrogen and oxygen atoms in total. The molecule has 0 radical (unpaired) electrons. The van der Waals surface area contributed by atoms with Crippen molar-refractivity contribution in [2.24, 2.45) is 5.92 Å². The van der Waals surface area contributed by atoms with Gasteiger partial charge in [-0.15, -0.1) is 0 Å². The van der Waals surface area contributed by atoms with Crippen molar-refractivity contribution in [2.45, 2.75) is 38.6 Å². The van der Waals surface area contributed by atoms with E-state index in [1.54, 1.807) is 6.92 Å². The Bertz CT molecular complexity index is 731. The van der Waals surface area contributed by atoms with Gasteiger partial charge < -0.3 is 14.8 Å². The van der Waals surface area contributed by atoms with E-state index in [-0.39, 0.29) is 23.6 Å². The number of aromatic nitrogens is 1. The van der Waals surface area contributed by atoms with E-state index in [9.17, 15) is 9.59 Å². The van der Waals surface area contributed by atoms with E-state index in [0.29, 0.717) is 37.3 Å². The molecule has 0 atom stereocenters. The lowest BCUT2D eigenvalue weighted by Crippen LogP contribution is -2.38. The van der Waals surface area contributed by atoms with Gasteiger partial charge in [0.1, 0.15) is 0 Å². The Morgan fingerprint density at radius 2 is 1.83 bits per heavy atom. The minimum Gasteiger partial charge on any atom is -0.481 e. The summed E-state index contributed by atoms with van der Waals surface area (Å²) in [7, 11) is 0. The number of nitrogens with one attached hydrogen (secondary N) is 1. The van der Waals surface area contributed by atoms with E-state index in [1.165, 1.54) is 0 Å². The molecule has 1 heterocycles. The zero-order valence-corrected chi connectivity index (χ0v) is 13.5. The first-order valence-corrected chi connectivity index (χ1v) is 8.11. The largest absolute Gasteiger partial charge is 0.481 e. The molecule has 1 aromatic carbocycles. The molecule has 24 heavy (non-hydrogen) atoms. The topological polar surface area (TPSA) is 92.4 Å². The van der Waals surface area contributed by atoms with Gasteiger partial charge in [0.2, 0.25) is 11.7 Å². The molecule has 0 spiro atoms. The van der Waals surface area contributed by atoms with Crippen LogP contribution in [0.25, 0.3) is 11.5 Å². The molecular weight excluding hydrogens is 308 g/mol. The molecule has 0 bridgehead atoms. The van der Waals surface area contributed by atoms with Crippen LogP contribution < -0.4 is 5.32 Å². The summed E-state index contributed by atoms with van der Waals surface area (Å²) in [6, 6.07) is 9.41. The second kappa shape index (κ2) is 6.86. The molecule has 3 rings (SSSR count). The van der Waals surface area contributed by atoms with Crippen LogP contribution in [-0.2, 0) is 4.79 Å². The van der Waals surface area contributed by atoms with Gasteiger partial charge in [0.15, 0.2) is 0 Å². The monoisotopic (exact) mass is 328 g/mol. The van der Waals surface area contributed by atoms with E-state index in [0.717, 1.165) is 5.56 Å². The highest BCUT2D eigenvalue weighted by Crippen LogP contribution is 2.26. The number of rotatable bonds is 4. The number of amides is 1. The van der Waals surface area contributed by atoms with Crippen molar-refractivity contribution in [3.05, 3.63) is 41.8 Å². The highest BCUT2D eigenvalue weighted by Gasteiger charge is 2.28. The third-order valence-electron chi connectivity index (χ3n) is 4.44. The summed E-state index contributed by atoms with van der Waals surface area (Å²) in [5, 5.41) is 12.0. The van der Waals surface area contributed by atoms with E-state index in [1.807, 2.05) is 30.3 Å². The molecule has 0 unspecified atom stereocenters. The Hall–Kier alpha value is -2.63. The smallest absolute Gasteiger partial charge is 0.306 e. The molecule has 0 aliphatic heterocycles. The lowest BCUT2D eigenvalue weighted by molar-refractivity contribution is -0.142. The van der Waals surface area contributed by atoms with E-state index < -0.39 is 5.97 Å². The Balaban J connectivity index is 1.66. The molecular formula is C18H20N2O4. The lowest BCUT2D eigenvalue weighted by atomic mass is 9.86. The zero-order chi connectivity index (χ0) is 17.1. The lowest BCUT2D eigenvalue weighted by Gasteiger charge is -2.26. The fourth-order valence-corrected chi connectivity index (χ4v) is 3.05. The third kappa shape index (κ3) is 3.48. The van der Waals surface area contributed by atoms with Crippen molar-refractivity contribution in [3.8, 4) is 11.5 Å². The zero-order valence-electron chi connectivity index (χ0n) is 13.5. The number of carboxylic acids is 1. The van der Waals surface area contributed by atoms with E-state index in [4.69, 9.17) is 9.52 Å². The van der Waals surface area contributed by atoms with Gasteiger partial charge in [-0.2, -0.15) is 0 Å². The van der Waals surface area contributed by atoms with Gasteiger partial charge in [-0.1, -0.05) is 18.2 Å². The molecule has 2 aromatic rings. The maximum Gasteiger partial charge on any atom is 0.306 e. The molecule has 1 aromatic heterocycles. The summed E-state index contributed by atoms with van der Waals surface area (Å²) in [5.41, 5.74) is 1.37. The number of aliphatic carboxylic acids is 1. The first-order chi connectivity index (χ1) is 11.5. The Kier molecular flexibility index (Phi) is 4.64. The minimum absolute atomic E-state index is 0.0159. The second-order valence-corrected chi connectivity index (χ2v) is 6.16. The van der Waals surface area contributed by atoms with Crippen LogP contribution in [0.4, 0.5) is 0 Å². The van der Waals surface area contributed by atoms with Gasteiger partial charge in [-0.25, -0.2) is 4.98 Å². The summed E-state index contributed by atoms with van der Waals surface area (Å²) < 4.78 is 5.65. The van der Waals surface area contributed by atoms with Crippen LogP contribution in [0.3, 0.4) is 0 Å². The van der Waals surface area contributed by atoms with Crippen molar-refractivity contribution in [1.29, 1.82) is 0 Å². The van der Waals surface area contributed by atoms with Crippen molar-refractivity contribution < 1.29 is 19.1 Å². The number of carbonyl (C=O) groups is 2. The molecule has 0 saturated heterocycles. The van der Waals surface area contributed by atoms with Gasteiger partial charge >= 0.3 is 5.97 Å².